The van der Waals surface area contributed by atoms with Gasteiger partial charge in [-0.3, -0.25) is 9.59 Å². The van der Waals surface area contributed by atoms with Gasteiger partial charge in [0.05, 0.1) is 11.1 Å². The number of ketones is 2. The molecule has 6 nitrogen and oxygen atoms in total. The molecule has 0 amide bonds. The Bertz CT molecular complexity index is 967. The average Bonchev–Trinajstić information content (AvgIpc) is 3.39. The summed E-state index contributed by atoms with van der Waals surface area (Å²) in [5, 5.41) is 7.09. The van der Waals surface area contributed by atoms with Crippen LogP contribution in [0.4, 0.5) is 11.8 Å². The van der Waals surface area contributed by atoms with E-state index in [1.807, 2.05) is 0 Å². The van der Waals surface area contributed by atoms with E-state index in [4.69, 9.17) is 8.83 Å². The van der Waals surface area contributed by atoms with Gasteiger partial charge in [-0.1, -0.05) is 65.2 Å². The third-order valence-electron chi connectivity index (χ3n) is 7.76. The van der Waals surface area contributed by atoms with Gasteiger partial charge in [-0.2, -0.15) is 0 Å². The first kappa shape index (κ1) is 23.3. The molecule has 5 rings (SSSR count). The molecular weight excluding hydrogens is 428 g/mol. The summed E-state index contributed by atoms with van der Waals surface area (Å²) in [6.45, 7) is 4.17. The van der Waals surface area contributed by atoms with Crippen LogP contribution in [0.25, 0.3) is 0 Å². The van der Waals surface area contributed by atoms with Crippen LogP contribution in [0.15, 0.2) is 8.83 Å². The molecule has 0 radical (unpaired) electrons. The topological polar surface area (TPSA) is 84.5 Å². The van der Waals surface area contributed by atoms with Crippen LogP contribution in [0.2, 0.25) is 0 Å². The summed E-state index contributed by atoms with van der Waals surface area (Å²) in [6.07, 6.45) is 14.8. The molecule has 3 aliphatic rings. The smallest absolute Gasteiger partial charge is 0.233 e. The van der Waals surface area contributed by atoms with Crippen LogP contribution in [0.3, 0.4) is 0 Å². The molecule has 0 saturated heterocycles. The van der Waals surface area contributed by atoms with Crippen LogP contribution >= 0.6 is 0 Å². The Morgan fingerprint density at radius 2 is 1.03 bits per heavy atom. The molecule has 2 heterocycles. The van der Waals surface area contributed by atoms with Crippen molar-refractivity contribution >= 4 is 23.3 Å². The number of carbonyl (C=O) groups excluding carboxylic acids is 2. The van der Waals surface area contributed by atoms with E-state index in [1.54, 1.807) is 0 Å². The van der Waals surface area contributed by atoms with Crippen LogP contribution in [-0.2, 0) is 12.8 Å². The van der Waals surface area contributed by atoms with Gasteiger partial charge in [0.25, 0.3) is 0 Å². The van der Waals surface area contributed by atoms with Gasteiger partial charge in [0.15, 0.2) is 23.3 Å². The van der Waals surface area contributed by atoms with E-state index < -0.39 is 0 Å². The third kappa shape index (κ3) is 4.20. The quantitative estimate of drug-likeness (QED) is 0.370. The third-order valence-corrected chi connectivity index (χ3v) is 7.76. The number of hydrogen-bond acceptors (Lipinski definition) is 6. The molecule has 184 valence electrons. The van der Waals surface area contributed by atoms with Crippen molar-refractivity contribution in [3.05, 3.63) is 33.8 Å². The fourth-order valence-electron chi connectivity index (χ4n) is 6.03. The van der Waals surface area contributed by atoms with Gasteiger partial charge in [0.1, 0.15) is 0 Å². The Balaban J connectivity index is 1.52. The predicted octanol–water partition coefficient (Wildman–Crippen LogP) is 7.04. The number of nitrogens with one attached hydrogen (secondary N) is 2. The number of rotatable bonds is 8. The van der Waals surface area contributed by atoms with Crippen molar-refractivity contribution in [2.45, 2.75) is 116 Å². The van der Waals surface area contributed by atoms with Gasteiger partial charge < -0.3 is 19.5 Å². The number of furan rings is 2. The highest BCUT2D eigenvalue weighted by Gasteiger charge is 2.43. The van der Waals surface area contributed by atoms with Gasteiger partial charge in [-0.25, -0.2) is 0 Å². The van der Waals surface area contributed by atoms with Crippen molar-refractivity contribution < 1.29 is 18.4 Å². The largest absolute Gasteiger partial charge is 0.436 e. The van der Waals surface area contributed by atoms with E-state index in [0.29, 0.717) is 47.8 Å². The highest BCUT2D eigenvalue weighted by Crippen LogP contribution is 2.42. The number of carbonyl (C=O) groups is 2. The zero-order chi connectivity index (χ0) is 23.7. The molecular formula is C28H38N2O4. The summed E-state index contributed by atoms with van der Waals surface area (Å²) in [4.78, 5) is 27.5. The van der Waals surface area contributed by atoms with Crippen molar-refractivity contribution in [2.24, 2.45) is 0 Å². The van der Waals surface area contributed by atoms with Gasteiger partial charge in [-0.15, -0.1) is 0 Å². The van der Waals surface area contributed by atoms with Crippen molar-refractivity contribution in [1.29, 1.82) is 0 Å². The minimum atomic E-state index is -0.206. The normalized spacial score (nSPS) is 19.2. The lowest BCUT2D eigenvalue weighted by Crippen LogP contribution is -2.23. The monoisotopic (exact) mass is 466 g/mol. The van der Waals surface area contributed by atoms with E-state index >= 15 is 0 Å². The molecule has 2 aromatic rings. The molecule has 2 saturated carbocycles. The van der Waals surface area contributed by atoms with E-state index in [2.05, 4.69) is 24.5 Å². The molecule has 0 atom stereocenters. The molecule has 3 aliphatic carbocycles. The molecule has 2 fully saturated rings. The van der Waals surface area contributed by atoms with E-state index in [1.165, 1.54) is 38.5 Å². The second-order valence-corrected chi connectivity index (χ2v) is 10.3. The Morgan fingerprint density at radius 1 is 0.647 bits per heavy atom. The maximum absolute atomic E-state index is 13.8. The van der Waals surface area contributed by atoms with Crippen molar-refractivity contribution in [1.82, 2.24) is 0 Å². The Kier molecular flexibility index (Phi) is 6.84. The minimum absolute atomic E-state index is 0.196. The fourth-order valence-corrected chi connectivity index (χ4v) is 6.03. The second kappa shape index (κ2) is 10.0. The maximum atomic E-state index is 13.8. The van der Waals surface area contributed by atoms with E-state index in [-0.39, 0.29) is 23.1 Å². The lowest BCUT2D eigenvalue weighted by Gasteiger charge is -2.23. The number of hydrogen-bond donors (Lipinski definition) is 2. The summed E-state index contributed by atoms with van der Waals surface area (Å²) in [6, 6.07) is 0.667. The molecule has 34 heavy (non-hydrogen) atoms. The molecule has 0 unspecified atom stereocenters. The molecule has 0 aliphatic heterocycles. The molecule has 0 bridgehead atoms. The summed E-state index contributed by atoms with van der Waals surface area (Å²) in [7, 11) is 0. The van der Waals surface area contributed by atoms with Crippen molar-refractivity contribution in [3.63, 3.8) is 0 Å². The Labute approximate surface area is 202 Å². The zero-order valence-electron chi connectivity index (χ0n) is 20.7. The Hall–Kier alpha value is -2.50. The first-order valence-corrected chi connectivity index (χ1v) is 13.6. The highest BCUT2D eigenvalue weighted by atomic mass is 16.4. The van der Waals surface area contributed by atoms with Gasteiger partial charge in [0, 0.05) is 23.2 Å². The van der Waals surface area contributed by atoms with Crippen LogP contribution < -0.4 is 10.6 Å². The second-order valence-electron chi connectivity index (χ2n) is 10.3. The molecule has 0 spiro atoms. The SMILES string of the molecule is CCCc1c(NC2CCCCC2)oc2c1C(=O)c1oc(NC3CCCCC3)c(CCC)c1C2=O. The lowest BCUT2D eigenvalue weighted by atomic mass is 9.87. The Morgan fingerprint density at radius 3 is 1.38 bits per heavy atom. The van der Waals surface area contributed by atoms with Crippen LogP contribution in [-0.4, -0.2) is 23.7 Å². The summed E-state index contributed by atoms with van der Waals surface area (Å²) < 4.78 is 12.4. The molecule has 2 aromatic heterocycles. The van der Waals surface area contributed by atoms with Crippen molar-refractivity contribution in [3.8, 4) is 0 Å². The van der Waals surface area contributed by atoms with Crippen molar-refractivity contribution in [2.75, 3.05) is 10.6 Å². The van der Waals surface area contributed by atoms with Gasteiger partial charge >= 0.3 is 0 Å². The molecule has 2 N–H and O–H groups in total. The van der Waals surface area contributed by atoms with E-state index in [0.717, 1.165) is 49.7 Å². The summed E-state index contributed by atoms with van der Waals surface area (Å²) in [5.74, 6) is 1.21. The van der Waals surface area contributed by atoms with Crippen LogP contribution in [0.1, 0.15) is 134 Å². The molecule has 6 heteroatoms. The fraction of sp³-hybridized carbons (Fsp3) is 0.643. The summed E-state index contributed by atoms with van der Waals surface area (Å²) in [5.41, 5.74) is 2.50. The average molecular weight is 467 g/mol. The number of fused-ring (bicyclic) bond motifs is 2. The first-order chi connectivity index (χ1) is 16.6. The lowest BCUT2D eigenvalue weighted by molar-refractivity contribution is 0.0944. The van der Waals surface area contributed by atoms with Crippen LogP contribution in [0.5, 0.6) is 0 Å². The zero-order valence-corrected chi connectivity index (χ0v) is 20.7. The summed E-state index contributed by atoms with van der Waals surface area (Å²) >= 11 is 0. The standard InChI is InChI=1S/C28H38N2O4/c1-3-11-19-21-23(31)26-22(20(12-4-2)28(34-26)30-18-15-9-6-10-16-18)24(32)25(21)33-27(19)29-17-13-7-5-8-14-17/h17-18,29-30H,3-16H2,1-2H3. The highest BCUT2D eigenvalue weighted by molar-refractivity contribution is 6.28. The van der Waals surface area contributed by atoms with Crippen LogP contribution in [0, 0.1) is 0 Å². The van der Waals surface area contributed by atoms with Gasteiger partial charge in [-0.05, 0) is 38.5 Å². The number of anilines is 2. The predicted molar refractivity (Wildman–Crippen MR) is 133 cm³/mol. The first-order valence-electron chi connectivity index (χ1n) is 13.6. The maximum Gasteiger partial charge on any atom is 0.233 e. The minimum Gasteiger partial charge on any atom is -0.436 e. The molecule has 0 aromatic carbocycles. The van der Waals surface area contributed by atoms with Gasteiger partial charge in [0.2, 0.25) is 11.6 Å². The van der Waals surface area contributed by atoms with E-state index in [9.17, 15) is 9.59 Å².